The van der Waals surface area contributed by atoms with Gasteiger partial charge in [0.05, 0.1) is 23.1 Å². The summed E-state index contributed by atoms with van der Waals surface area (Å²) in [5.41, 5.74) is 4.04. The lowest BCUT2D eigenvalue weighted by Gasteiger charge is -2.35. The summed E-state index contributed by atoms with van der Waals surface area (Å²) in [6.45, 7) is 2.28. The lowest BCUT2D eigenvalue weighted by Crippen LogP contribution is -2.52. The summed E-state index contributed by atoms with van der Waals surface area (Å²) in [4.78, 5) is 16.8. The number of fused-ring (bicyclic) bond motifs is 1. The Morgan fingerprint density at radius 1 is 1.03 bits per heavy atom. The summed E-state index contributed by atoms with van der Waals surface area (Å²) < 4.78 is 27.7. The van der Waals surface area contributed by atoms with Crippen LogP contribution in [0.4, 0.5) is 0 Å². The molecule has 7 nitrogen and oxygen atoms in total. The summed E-state index contributed by atoms with van der Waals surface area (Å²) in [5.74, 6) is -0.00396. The van der Waals surface area contributed by atoms with Crippen LogP contribution in [0.3, 0.4) is 0 Å². The summed E-state index contributed by atoms with van der Waals surface area (Å²) in [6.07, 6.45) is 3.05. The van der Waals surface area contributed by atoms with E-state index in [0.717, 1.165) is 30.4 Å². The number of aryl methyl sites for hydroxylation is 2. The first kappa shape index (κ1) is 22.5. The van der Waals surface area contributed by atoms with Gasteiger partial charge in [-0.2, -0.15) is 9.57 Å². The van der Waals surface area contributed by atoms with Crippen molar-refractivity contribution in [3.63, 3.8) is 0 Å². The van der Waals surface area contributed by atoms with Crippen LogP contribution < -0.4 is 0 Å². The highest BCUT2D eigenvalue weighted by atomic mass is 32.2. The molecule has 168 valence electrons. The van der Waals surface area contributed by atoms with Gasteiger partial charge in [-0.15, -0.1) is 0 Å². The number of piperazine rings is 1. The first-order chi connectivity index (χ1) is 15.4. The van der Waals surface area contributed by atoms with Gasteiger partial charge in [-0.1, -0.05) is 18.2 Å². The van der Waals surface area contributed by atoms with E-state index in [1.807, 2.05) is 36.2 Å². The zero-order valence-electron chi connectivity index (χ0n) is 18.3. The van der Waals surface area contributed by atoms with Crippen molar-refractivity contribution in [3.05, 3.63) is 64.7 Å². The fourth-order valence-electron chi connectivity index (χ4n) is 4.42. The van der Waals surface area contributed by atoms with Crippen LogP contribution in [-0.2, 0) is 34.2 Å². The average molecular weight is 453 g/mol. The quantitative estimate of drug-likeness (QED) is 0.669. The molecule has 0 saturated carbocycles. The van der Waals surface area contributed by atoms with Crippen LogP contribution in [0.25, 0.3) is 0 Å². The van der Waals surface area contributed by atoms with Crippen LogP contribution in [-0.4, -0.2) is 68.2 Å². The topological polar surface area (TPSA) is 84.7 Å². The van der Waals surface area contributed by atoms with Crippen molar-refractivity contribution in [3.8, 4) is 6.07 Å². The lowest BCUT2D eigenvalue weighted by molar-refractivity contribution is -0.133. The summed E-state index contributed by atoms with van der Waals surface area (Å²) in [5, 5.41) is 8.89. The fourth-order valence-corrected chi connectivity index (χ4v) is 5.89. The Labute approximate surface area is 189 Å². The number of nitriles is 1. The molecule has 2 aliphatic rings. The van der Waals surface area contributed by atoms with E-state index >= 15 is 0 Å². The highest BCUT2D eigenvalue weighted by Gasteiger charge is 2.31. The fraction of sp³-hybridized carbons (Fsp3) is 0.417. The van der Waals surface area contributed by atoms with E-state index in [9.17, 15) is 13.2 Å². The molecule has 1 saturated heterocycles. The van der Waals surface area contributed by atoms with Crippen LogP contribution in [0.2, 0.25) is 0 Å². The number of likely N-dealkylation sites (N-methyl/N-ethyl adjacent to an activating group) is 1. The Balaban J connectivity index is 1.30. The first-order valence-corrected chi connectivity index (χ1v) is 12.4. The van der Waals surface area contributed by atoms with E-state index in [1.54, 1.807) is 23.1 Å². The molecule has 8 heteroatoms. The van der Waals surface area contributed by atoms with Gasteiger partial charge in [-0.05, 0) is 67.3 Å². The van der Waals surface area contributed by atoms with E-state index in [2.05, 4.69) is 6.07 Å². The smallest absolute Gasteiger partial charge is 0.243 e. The molecule has 1 heterocycles. The molecule has 0 aromatic heterocycles. The minimum atomic E-state index is -3.54. The minimum Gasteiger partial charge on any atom is -0.339 e. The molecule has 0 radical (unpaired) electrons. The molecule has 1 aliphatic heterocycles. The van der Waals surface area contributed by atoms with Crippen LogP contribution >= 0.6 is 0 Å². The van der Waals surface area contributed by atoms with Gasteiger partial charge >= 0.3 is 0 Å². The Bertz CT molecular complexity index is 1130. The first-order valence-electron chi connectivity index (χ1n) is 10.9. The second-order valence-electron chi connectivity index (χ2n) is 8.55. The largest absolute Gasteiger partial charge is 0.339 e. The monoisotopic (exact) mass is 452 g/mol. The van der Waals surface area contributed by atoms with Gasteiger partial charge < -0.3 is 4.90 Å². The maximum Gasteiger partial charge on any atom is 0.243 e. The highest BCUT2D eigenvalue weighted by Crippen LogP contribution is 2.26. The number of hydrogen-bond donors (Lipinski definition) is 0. The maximum atomic E-state index is 13.1. The Morgan fingerprint density at radius 3 is 2.41 bits per heavy atom. The van der Waals surface area contributed by atoms with Gasteiger partial charge in [0.1, 0.15) is 0 Å². The summed E-state index contributed by atoms with van der Waals surface area (Å²) in [7, 11) is -1.66. The molecule has 2 aromatic rings. The standard InChI is InChI=1S/C24H28N4O3S/c1-26(17-20-7-5-19(16-25)6-8-20)18-24(29)27-11-13-28(14-12-27)32(30,31)23-10-9-21-3-2-4-22(21)15-23/h5-10,15H,2-4,11-14,17-18H2,1H3. The number of hydrogen-bond acceptors (Lipinski definition) is 5. The van der Waals surface area contributed by atoms with Crippen LogP contribution in [0.1, 0.15) is 28.7 Å². The molecular weight excluding hydrogens is 424 g/mol. The van der Waals surface area contributed by atoms with Gasteiger partial charge in [0, 0.05) is 32.7 Å². The summed E-state index contributed by atoms with van der Waals surface area (Å²) in [6, 6.07) is 14.9. The number of carbonyl (C=O) groups is 1. The zero-order valence-corrected chi connectivity index (χ0v) is 19.1. The van der Waals surface area contributed by atoms with E-state index in [0.29, 0.717) is 43.2 Å². The molecule has 0 atom stereocenters. The second kappa shape index (κ2) is 9.41. The molecule has 2 aromatic carbocycles. The molecule has 0 N–H and O–H groups in total. The van der Waals surface area contributed by atoms with Crippen molar-refractivity contribution >= 4 is 15.9 Å². The van der Waals surface area contributed by atoms with Gasteiger partial charge in [0.25, 0.3) is 0 Å². The van der Waals surface area contributed by atoms with Crippen molar-refractivity contribution in [2.45, 2.75) is 30.7 Å². The number of benzene rings is 2. The van der Waals surface area contributed by atoms with E-state index < -0.39 is 10.0 Å². The predicted octanol–water partition coefficient (Wildman–Crippen LogP) is 2.01. The second-order valence-corrected chi connectivity index (χ2v) is 10.5. The van der Waals surface area contributed by atoms with Crippen molar-refractivity contribution < 1.29 is 13.2 Å². The van der Waals surface area contributed by atoms with Gasteiger partial charge in [0.15, 0.2) is 0 Å². The SMILES string of the molecule is CN(CC(=O)N1CCN(S(=O)(=O)c2ccc3c(c2)CCC3)CC1)Cc1ccc(C#N)cc1. The Hall–Kier alpha value is -2.73. The molecule has 1 aliphatic carbocycles. The Kier molecular flexibility index (Phi) is 6.60. The lowest BCUT2D eigenvalue weighted by atomic mass is 10.1. The minimum absolute atomic E-state index is 0.00396. The third-order valence-electron chi connectivity index (χ3n) is 6.24. The third-order valence-corrected chi connectivity index (χ3v) is 8.13. The van der Waals surface area contributed by atoms with Crippen molar-refractivity contribution in [2.24, 2.45) is 0 Å². The third kappa shape index (κ3) is 4.85. The van der Waals surface area contributed by atoms with E-state index in [-0.39, 0.29) is 12.5 Å². The maximum absolute atomic E-state index is 13.1. The molecule has 0 spiro atoms. The van der Waals surface area contributed by atoms with Gasteiger partial charge in [-0.25, -0.2) is 8.42 Å². The van der Waals surface area contributed by atoms with Gasteiger partial charge in [0.2, 0.25) is 15.9 Å². The van der Waals surface area contributed by atoms with E-state index in [1.165, 1.54) is 9.87 Å². The van der Waals surface area contributed by atoms with Crippen molar-refractivity contribution in [1.82, 2.24) is 14.1 Å². The molecule has 0 unspecified atom stereocenters. The van der Waals surface area contributed by atoms with Crippen LogP contribution in [0.5, 0.6) is 0 Å². The van der Waals surface area contributed by atoms with Gasteiger partial charge in [-0.3, -0.25) is 9.69 Å². The van der Waals surface area contributed by atoms with Crippen LogP contribution in [0.15, 0.2) is 47.4 Å². The number of carbonyl (C=O) groups excluding carboxylic acids is 1. The normalized spacial score (nSPS) is 16.7. The number of amides is 1. The molecule has 4 rings (SSSR count). The molecule has 1 fully saturated rings. The molecule has 32 heavy (non-hydrogen) atoms. The number of rotatable bonds is 6. The van der Waals surface area contributed by atoms with Crippen molar-refractivity contribution in [1.29, 1.82) is 5.26 Å². The Morgan fingerprint density at radius 2 is 1.72 bits per heavy atom. The molecular formula is C24H28N4O3S. The molecule has 0 bridgehead atoms. The van der Waals surface area contributed by atoms with Crippen LogP contribution in [0, 0.1) is 11.3 Å². The summed E-state index contributed by atoms with van der Waals surface area (Å²) >= 11 is 0. The molecule has 1 amide bonds. The predicted molar refractivity (Wildman–Crippen MR) is 121 cm³/mol. The average Bonchev–Trinajstić information content (AvgIpc) is 3.27. The number of sulfonamides is 1. The van der Waals surface area contributed by atoms with E-state index in [4.69, 9.17) is 5.26 Å². The zero-order chi connectivity index (χ0) is 22.7. The highest BCUT2D eigenvalue weighted by molar-refractivity contribution is 7.89. The van der Waals surface area contributed by atoms with Crippen molar-refractivity contribution in [2.75, 3.05) is 39.8 Å². The number of nitrogens with zero attached hydrogens (tertiary/aromatic N) is 4.